The summed E-state index contributed by atoms with van der Waals surface area (Å²) in [6, 6.07) is 0. The number of sulfonamides is 1. The molecule has 0 aromatic heterocycles. The van der Waals surface area contributed by atoms with Crippen LogP contribution in [0, 0.1) is 0 Å². The minimum absolute atomic E-state index is 0.129. The second-order valence-electron chi connectivity index (χ2n) is 3.68. The van der Waals surface area contributed by atoms with Crippen molar-refractivity contribution < 1.29 is 23.1 Å². The number of ether oxygens (including phenoxy) is 1. The average molecular weight is 267 g/mol. The summed E-state index contributed by atoms with van der Waals surface area (Å²) in [4.78, 5) is 10.8. The Hall–Kier alpha value is -0.660. The number of unbranched alkanes of at least 4 members (excludes halogenated alkanes) is 3. The number of esters is 1. The van der Waals surface area contributed by atoms with Gasteiger partial charge in [-0.1, -0.05) is 12.8 Å². The lowest BCUT2D eigenvalue weighted by Crippen LogP contribution is -2.28. The van der Waals surface area contributed by atoms with E-state index in [2.05, 4.69) is 9.46 Å². The van der Waals surface area contributed by atoms with E-state index in [-0.39, 0.29) is 18.8 Å². The predicted molar refractivity (Wildman–Crippen MR) is 64.0 cm³/mol. The number of carbonyl (C=O) groups excluding carboxylic acids is 1. The van der Waals surface area contributed by atoms with Crippen LogP contribution in [0.5, 0.6) is 0 Å². The van der Waals surface area contributed by atoms with Gasteiger partial charge in [0.25, 0.3) is 0 Å². The minimum Gasteiger partial charge on any atom is -0.469 e. The monoisotopic (exact) mass is 267 g/mol. The van der Waals surface area contributed by atoms with Crippen LogP contribution in [0.3, 0.4) is 0 Å². The van der Waals surface area contributed by atoms with E-state index in [0.29, 0.717) is 6.54 Å². The molecule has 0 aliphatic rings. The maximum atomic E-state index is 11.4. The summed E-state index contributed by atoms with van der Waals surface area (Å²) in [6.07, 6.45) is 3.11. The molecule has 0 aromatic rings. The highest BCUT2D eigenvalue weighted by Gasteiger charge is 2.12. The first-order valence-corrected chi connectivity index (χ1v) is 7.32. The largest absolute Gasteiger partial charge is 0.469 e. The third-order valence-electron chi connectivity index (χ3n) is 2.21. The molecule has 0 rings (SSSR count). The molecule has 0 amide bonds. The van der Waals surface area contributed by atoms with E-state index in [1.807, 2.05) is 0 Å². The van der Waals surface area contributed by atoms with Gasteiger partial charge in [0.15, 0.2) is 0 Å². The molecule has 0 aliphatic carbocycles. The van der Waals surface area contributed by atoms with Gasteiger partial charge < -0.3 is 9.84 Å². The summed E-state index contributed by atoms with van der Waals surface area (Å²) in [5, 5.41) is 8.54. The van der Waals surface area contributed by atoms with Crippen molar-refractivity contribution in [2.75, 3.05) is 26.0 Å². The fourth-order valence-corrected chi connectivity index (χ4v) is 2.25. The predicted octanol–water partition coefficient (Wildman–Crippen LogP) is 0.0216. The quantitative estimate of drug-likeness (QED) is 0.430. The number of rotatable bonds is 10. The highest BCUT2D eigenvalue weighted by molar-refractivity contribution is 7.89. The van der Waals surface area contributed by atoms with Gasteiger partial charge >= 0.3 is 5.97 Å². The molecule has 0 radical (unpaired) electrons. The molecule has 0 aromatic carbocycles. The Morgan fingerprint density at radius 3 is 2.47 bits per heavy atom. The zero-order valence-electron chi connectivity index (χ0n) is 10.1. The average Bonchev–Trinajstić information content (AvgIpc) is 2.30. The van der Waals surface area contributed by atoms with E-state index >= 15 is 0 Å². The number of hydrogen-bond acceptors (Lipinski definition) is 5. The van der Waals surface area contributed by atoms with Crippen LogP contribution < -0.4 is 4.72 Å². The van der Waals surface area contributed by atoms with E-state index in [9.17, 15) is 13.2 Å². The molecule has 0 saturated carbocycles. The SMILES string of the molecule is COC(=O)CCS(=O)(=O)NCCCCCCO. The first kappa shape index (κ1) is 16.3. The van der Waals surface area contributed by atoms with Gasteiger partial charge in [-0.25, -0.2) is 13.1 Å². The highest BCUT2D eigenvalue weighted by Crippen LogP contribution is 1.99. The lowest BCUT2D eigenvalue weighted by molar-refractivity contribution is -0.140. The Labute approximate surface area is 102 Å². The summed E-state index contributed by atoms with van der Waals surface area (Å²) < 4.78 is 29.5. The molecule has 0 atom stereocenters. The van der Waals surface area contributed by atoms with Gasteiger partial charge in [-0.3, -0.25) is 4.79 Å². The van der Waals surface area contributed by atoms with Crippen LogP contribution in [0.25, 0.3) is 0 Å². The van der Waals surface area contributed by atoms with Gasteiger partial charge in [-0.2, -0.15) is 0 Å². The number of nitrogens with one attached hydrogen (secondary N) is 1. The molecule has 0 aliphatic heterocycles. The Morgan fingerprint density at radius 1 is 1.24 bits per heavy atom. The zero-order chi connectivity index (χ0) is 13.1. The molecule has 6 nitrogen and oxygen atoms in total. The van der Waals surface area contributed by atoms with Crippen LogP contribution in [0.2, 0.25) is 0 Å². The number of hydrogen-bond donors (Lipinski definition) is 2. The van der Waals surface area contributed by atoms with Gasteiger partial charge in [-0.15, -0.1) is 0 Å². The smallest absolute Gasteiger partial charge is 0.306 e. The lowest BCUT2D eigenvalue weighted by Gasteiger charge is -2.05. The maximum Gasteiger partial charge on any atom is 0.306 e. The Kier molecular flexibility index (Phi) is 9.01. The molecule has 0 heterocycles. The number of aliphatic hydroxyl groups is 1. The van der Waals surface area contributed by atoms with E-state index in [0.717, 1.165) is 25.7 Å². The number of aliphatic hydroxyl groups excluding tert-OH is 1. The maximum absolute atomic E-state index is 11.4. The van der Waals surface area contributed by atoms with Crippen LogP contribution in [0.4, 0.5) is 0 Å². The molecule has 0 saturated heterocycles. The summed E-state index contributed by atoms with van der Waals surface area (Å²) in [6.45, 7) is 0.541. The standard InChI is InChI=1S/C10H21NO5S/c1-16-10(13)6-9-17(14,15)11-7-4-2-3-5-8-12/h11-12H,2-9H2,1H3. The summed E-state index contributed by atoms with van der Waals surface area (Å²) >= 11 is 0. The van der Waals surface area contributed by atoms with Crippen molar-refractivity contribution in [3.63, 3.8) is 0 Å². The van der Waals surface area contributed by atoms with Crippen LogP contribution in [0.1, 0.15) is 32.1 Å². The van der Waals surface area contributed by atoms with Crippen molar-refractivity contribution in [2.24, 2.45) is 0 Å². The molecule has 7 heteroatoms. The molecule has 17 heavy (non-hydrogen) atoms. The molecular formula is C10H21NO5S. The topological polar surface area (TPSA) is 92.7 Å². The first-order chi connectivity index (χ1) is 8.02. The van der Waals surface area contributed by atoms with Crippen molar-refractivity contribution in [3.05, 3.63) is 0 Å². The third kappa shape index (κ3) is 10.2. The highest BCUT2D eigenvalue weighted by atomic mass is 32.2. The van der Waals surface area contributed by atoms with Crippen LogP contribution in [0.15, 0.2) is 0 Å². The van der Waals surface area contributed by atoms with Crippen LogP contribution in [-0.4, -0.2) is 45.5 Å². The normalized spacial score (nSPS) is 11.4. The van der Waals surface area contributed by atoms with E-state index in [1.54, 1.807) is 0 Å². The van der Waals surface area contributed by atoms with Gasteiger partial charge in [0.2, 0.25) is 10.0 Å². The van der Waals surface area contributed by atoms with Crippen LogP contribution in [-0.2, 0) is 19.6 Å². The number of carbonyl (C=O) groups is 1. The molecule has 0 fully saturated rings. The fourth-order valence-electron chi connectivity index (χ4n) is 1.21. The van der Waals surface area contributed by atoms with Crippen molar-refractivity contribution >= 4 is 16.0 Å². The molecule has 0 unspecified atom stereocenters. The fraction of sp³-hybridized carbons (Fsp3) is 0.900. The lowest BCUT2D eigenvalue weighted by atomic mass is 10.2. The second kappa shape index (κ2) is 9.38. The summed E-state index contributed by atoms with van der Waals surface area (Å²) in [5.74, 6) is -0.769. The summed E-state index contributed by atoms with van der Waals surface area (Å²) in [7, 11) is -2.15. The molecule has 2 N–H and O–H groups in total. The second-order valence-corrected chi connectivity index (χ2v) is 5.60. The molecule has 102 valence electrons. The molecule has 0 spiro atoms. The van der Waals surface area contributed by atoms with Gasteiger partial charge in [0.05, 0.1) is 19.3 Å². The Balaban J connectivity index is 3.61. The number of methoxy groups -OCH3 is 1. The van der Waals surface area contributed by atoms with Crippen LogP contribution >= 0.6 is 0 Å². The molecule has 0 bridgehead atoms. The Bertz CT molecular complexity index is 302. The van der Waals surface area contributed by atoms with Gasteiger partial charge in [0, 0.05) is 13.2 Å². The van der Waals surface area contributed by atoms with Gasteiger partial charge in [0.1, 0.15) is 0 Å². The van der Waals surface area contributed by atoms with Gasteiger partial charge in [-0.05, 0) is 12.8 Å². The van der Waals surface area contributed by atoms with E-state index < -0.39 is 16.0 Å². The van der Waals surface area contributed by atoms with Crippen molar-refractivity contribution in [3.8, 4) is 0 Å². The van der Waals surface area contributed by atoms with E-state index in [4.69, 9.17) is 5.11 Å². The minimum atomic E-state index is -3.38. The van der Waals surface area contributed by atoms with Crippen molar-refractivity contribution in [2.45, 2.75) is 32.1 Å². The Morgan fingerprint density at radius 2 is 1.88 bits per heavy atom. The third-order valence-corrected chi connectivity index (χ3v) is 3.59. The first-order valence-electron chi connectivity index (χ1n) is 5.67. The van der Waals surface area contributed by atoms with Crippen molar-refractivity contribution in [1.82, 2.24) is 4.72 Å². The van der Waals surface area contributed by atoms with E-state index in [1.165, 1.54) is 7.11 Å². The zero-order valence-corrected chi connectivity index (χ0v) is 11.0. The molecular weight excluding hydrogens is 246 g/mol. The van der Waals surface area contributed by atoms with Crippen molar-refractivity contribution in [1.29, 1.82) is 0 Å². The summed E-state index contributed by atoms with van der Waals surface area (Å²) in [5.41, 5.74) is 0.